The van der Waals surface area contributed by atoms with Gasteiger partial charge in [0.05, 0.1) is 30.3 Å². The number of hydroxylamine groups is 1. The van der Waals surface area contributed by atoms with Gasteiger partial charge < -0.3 is 4.84 Å². The van der Waals surface area contributed by atoms with Gasteiger partial charge in [-0.3, -0.25) is 9.83 Å². The zero-order chi connectivity index (χ0) is 21.4. The molecule has 0 unspecified atom stereocenters. The summed E-state index contributed by atoms with van der Waals surface area (Å²) < 4.78 is 39.0. The van der Waals surface area contributed by atoms with Crippen molar-refractivity contribution < 1.29 is 22.8 Å². The summed E-state index contributed by atoms with van der Waals surface area (Å²) >= 11 is 0. The zero-order valence-corrected chi connectivity index (χ0v) is 16.2. The lowest BCUT2D eigenvalue weighted by Crippen LogP contribution is -2.24. The number of alkyl halides is 3. The van der Waals surface area contributed by atoms with Crippen LogP contribution in [0.4, 0.5) is 13.2 Å². The van der Waals surface area contributed by atoms with Crippen molar-refractivity contribution in [2.24, 2.45) is 10.1 Å². The Kier molecular flexibility index (Phi) is 7.49. The van der Waals surface area contributed by atoms with E-state index in [0.717, 1.165) is 35.0 Å². The molecule has 1 aromatic heterocycles. The molecule has 6 nitrogen and oxygen atoms in total. The lowest BCUT2D eigenvalue weighted by molar-refractivity contribution is -0.137. The molecule has 0 radical (unpaired) electrons. The van der Waals surface area contributed by atoms with Crippen molar-refractivity contribution in [1.29, 1.82) is 0 Å². The van der Waals surface area contributed by atoms with Crippen molar-refractivity contribution in [3.05, 3.63) is 70.6 Å². The van der Waals surface area contributed by atoms with Crippen LogP contribution in [-0.4, -0.2) is 31.2 Å². The molecule has 0 atom stereocenters. The van der Waals surface area contributed by atoms with Crippen LogP contribution >= 0.6 is 0 Å². The molecule has 0 saturated carbocycles. The minimum Gasteiger partial charge on any atom is -0.391 e. The molecular weight excluding hydrogens is 385 g/mol. The number of aliphatic imine (C=N–C) groups is 1. The summed E-state index contributed by atoms with van der Waals surface area (Å²) in [4.78, 5) is 18.4. The summed E-state index contributed by atoms with van der Waals surface area (Å²) in [5.41, 5.74) is 4.46. The smallest absolute Gasteiger partial charge is 0.391 e. The molecule has 9 heteroatoms. The highest BCUT2D eigenvalue weighted by atomic mass is 19.4. The summed E-state index contributed by atoms with van der Waals surface area (Å²) in [6.07, 6.45) is -2.13. The summed E-state index contributed by atoms with van der Waals surface area (Å²) in [5.74, 6) is 0.508. The summed E-state index contributed by atoms with van der Waals surface area (Å²) in [6, 6.07) is 7.41. The highest BCUT2D eigenvalue weighted by molar-refractivity contribution is 5.99. The second-order valence-corrected chi connectivity index (χ2v) is 5.89. The molecular formula is C20H21F3N4O2. The average Bonchev–Trinajstić information content (AvgIpc) is 2.69. The van der Waals surface area contributed by atoms with Crippen LogP contribution in [0.3, 0.4) is 0 Å². The number of aromatic nitrogens is 1. The normalized spacial score (nSPS) is 12.3. The Morgan fingerprint density at radius 1 is 1.28 bits per heavy atom. The third-order valence-corrected chi connectivity index (χ3v) is 3.96. The van der Waals surface area contributed by atoms with E-state index in [0.29, 0.717) is 5.84 Å². The van der Waals surface area contributed by atoms with Crippen LogP contribution in [0, 0.1) is 6.92 Å². The van der Waals surface area contributed by atoms with Crippen molar-refractivity contribution >= 4 is 18.1 Å². The minimum absolute atomic E-state index is 0.0107. The van der Waals surface area contributed by atoms with E-state index >= 15 is 0 Å². The van der Waals surface area contributed by atoms with Gasteiger partial charge in [0.25, 0.3) is 0 Å². The molecule has 1 N–H and O–H groups in total. The van der Waals surface area contributed by atoms with E-state index in [-0.39, 0.29) is 18.0 Å². The lowest BCUT2D eigenvalue weighted by atomic mass is 10.0. The Morgan fingerprint density at radius 3 is 2.62 bits per heavy atom. The SMILES string of the molecule is C=Cc1cc(C(F)(F)F)cc(/C=N/OCc2c(C)cccc2C(=NC)NOC)n1. The largest absolute Gasteiger partial charge is 0.416 e. The van der Waals surface area contributed by atoms with Gasteiger partial charge in [-0.25, -0.2) is 10.5 Å². The van der Waals surface area contributed by atoms with Crippen LogP contribution < -0.4 is 5.48 Å². The van der Waals surface area contributed by atoms with Crippen LogP contribution in [0.15, 0.2) is 47.1 Å². The molecule has 2 rings (SSSR count). The van der Waals surface area contributed by atoms with Crippen molar-refractivity contribution in [2.75, 3.05) is 14.2 Å². The maximum atomic E-state index is 13.0. The average molecular weight is 406 g/mol. The number of rotatable bonds is 7. The predicted molar refractivity (Wildman–Crippen MR) is 105 cm³/mol. The number of hydrogen-bond donors (Lipinski definition) is 1. The van der Waals surface area contributed by atoms with Crippen molar-refractivity contribution in [3.8, 4) is 0 Å². The van der Waals surface area contributed by atoms with E-state index in [1.54, 1.807) is 7.05 Å². The topological polar surface area (TPSA) is 68.1 Å². The fourth-order valence-corrected chi connectivity index (χ4v) is 2.53. The van der Waals surface area contributed by atoms with Crippen molar-refractivity contribution in [3.63, 3.8) is 0 Å². The van der Waals surface area contributed by atoms with Gasteiger partial charge in [-0.1, -0.05) is 29.9 Å². The summed E-state index contributed by atoms with van der Waals surface area (Å²) in [5, 5.41) is 3.77. The van der Waals surface area contributed by atoms with E-state index < -0.39 is 11.7 Å². The number of pyridine rings is 1. The maximum absolute atomic E-state index is 13.0. The van der Waals surface area contributed by atoms with E-state index in [2.05, 4.69) is 27.2 Å². The van der Waals surface area contributed by atoms with Gasteiger partial charge in [-0.15, -0.1) is 0 Å². The third-order valence-electron chi connectivity index (χ3n) is 3.96. The van der Waals surface area contributed by atoms with Gasteiger partial charge in [0, 0.05) is 18.2 Å². The Balaban J connectivity index is 2.21. The summed E-state index contributed by atoms with van der Waals surface area (Å²) in [6.45, 7) is 5.44. The fourth-order valence-electron chi connectivity index (χ4n) is 2.53. The van der Waals surface area contributed by atoms with Crippen LogP contribution in [0.1, 0.15) is 33.6 Å². The molecule has 0 spiro atoms. The number of aryl methyl sites for hydroxylation is 1. The highest BCUT2D eigenvalue weighted by Gasteiger charge is 2.31. The predicted octanol–water partition coefficient (Wildman–Crippen LogP) is 4.13. The van der Waals surface area contributed by atoms with Crippen molar-refractivity contribution in [1.82, 2.24) is 10.5 Å². The van der Waals surface area contributed by atoms with E-state index in [9.17, 15) is 13.2 Å². The molecule has 0 saturated heterocycles. The number of benzene rings is 1. The van der Waals surface area contributed by atoms with Gasteiger partial charge >= 0.3 is 6.18 Å². The molecule has 0 aliphatic heterocycles. The highest BCUT2D eigenvalue weighted by Crippen LogP contribution is 2.30. The number of oxime groups is 1. The maximum Gasteiger partial charge on any atom is 0.416 e. The molecule has 2 aromatic rings. The first kappa shape index (κ1) is 22.1. The molecule has 1 aromatic carbocycles. The van der Waals surface area contributed by atoms with Crippen LogP contribution in [0.25, 0.3) is 6.08 Å². The number of nitrogens with zero attached hydrogens (tertiary/aromatic N) is 3. The Hall–Kier alpha value is -3.20. The molecule has 0 fully saturated rings. The van der Waals surface area contributed by atoms with Crippen LogP contribution in [0.5, 0.6) is 0 Å². The number of halogens is 3. The van der Waals surface area contributed by atoms with Crippen molar-refractivity contribution in [2.45, 2.75) is 19.7 Å². The Morgan fingerprint density at radius 2 is 2.00 bits per heavy atom. The van der Waals surface area contributed by atoms with Gasteiger partial charge in [0.2, 0.25) is 0 Å². The number of amidine groups is 1. The first-order valence-corrected chi connectivity index (χ1v) is 8.51. The number of hydrogen-bond acceptors (Lipinski definition) is 5. The first-order valence-electron chi connectivity index (χ1n) is 8.51. The third kappa shape index (κ3) is 5.89. The lowest BCUT2D eigenvalue weighted by Gasteiger charge is -2.14. The first-order chi connectivity index (χ1) is 13.8. The second kappa shape index (κ2) is 9.83. The molecule has 0 amide bonds. The fraction of sp³-hybridized carbons (Fsp3) is 0.250. The van der Waals surface area contributed by atoms with Gasteiger partial charge in [0.15, 0.2) is 5.84 Å². The Labute approximate surface area is 166 Å². The standard InChI is InChI=1S/C20H21F3N4O2/c1-5-15-9-14(20(21,22)23)10-16(26-15)11-25-29-12-18-13(2)7-6-8-17(18)19(24-3)27-28-4/h5-11H,1,12H2,2-4H3,(H,24,27)/b25-11+. The monoisotopic (exact) mass is 406 g/mol. The Bertz CT molecular complexity index is 924. The molecule has 0 aliphatic rings. The van der Waals surface area contributed by atoms with Gasteiger partial charge in [0.1, 0.15) is 6.61 Å². The quantitative estimate of drug-likeness (QED) is 0.427. The summed E-state index contributed by atoms with van der Waals surface area (Å²) in [7, 11) is 3.09. The van der Waals surface area contributed by atoms with Crippen LogP contribution in [-0.2, 0) is 22.5 Å². The molecule has 154 valence electrons. The molecule has 0 aliphatic carbocycles. The van der Waals surface area contributed by atoms with Crippen LogP contribution in [0.2, 0.25) is 0 Å². The molecule has 0 bridgehead atoms. The minimum atomic E-state index is -4.50. The second-order valence-electron chi connectivity index (χ2n) is 5.89. The van der Waals surface area contributed by atoms with Gasteiger partial charge in [-0.2, -0.15) is 13.2 Å². The van der Waals surface area contributed by atoms with E-state index in [1.807, 2.05) is 25.1 Å². The number of nitrogens with one attached hydrogen (secondary N) is 1. The van der Waals surface area contributed by atoms with Gasteiger partial charge in [-0.05, 0) is 30.7 Å². The van der Waals surface area contributed by atoms with E-state index in [4.69, 9.17) is 9.68 Å². The molecule has 1 heterocycles. The zero-order valence-electron chi connectivity index (χ0n) is 16.2. The van der Waals surface area contributed by atoms with E-state index in [1.165, 1.54) is 13.2 Å². The molecule has 29 heavy (non-hydrogen) atoms.